The van der Waals surface area contributed by atoms with Gasteiger partial charge in [-0.1, -0.05) is 48.4 Å². The van der Waals surface area contributed by atoms with Crippen LogP contribution in [0.4, 0.5) is 4.39 Å². The van der Waals surface area contributed by atoms with Crippen molar-refractivity contribution >= 4 is 11.6 Å². The molecule has 1 fully saturated rings. The number of nitrogens with zero attached hydrogens (tertiary/aromatic N) is 3. The van der Waals surface area contributed by atoms with Crippen molar-refractivity contribution in [1.82, 2.24) is 9.91 Å². The predicted octanol–water partition coefficient (Wildman–Crippen LogP) is 4.69. The van der Waals surface area contributed by atoms with Gasteiger partial charge in [-0.25, -0.2) is 9.40 Å². The molecule has 0 spiro atoms. The van der Waals surface area contributed by atoms with Crippen LogP contribution in [0.3, 0.4) is 0 Å². The molecule has 2 aliphatic heterocycles. The van der Waals surface area contributed by atoms with Crippen LogP contribution in [-0.4, -0.2) is 40.7 Å². The Kier molecular flexibility index (Phi) is 5.76. The number of piperidine rings is 1. The average Bonchev–Trinajstić information content (AvgIpc) is 3.16. The third kappa shape index (κ3) is 4.40. The number of carbonyl (C=O) groups is 1. The predicted molar refractivity (Wildman–Crippen MR) is 113 cm³/mol. The standard InChI is InChI=1S/C24H28FN3O/c1-17-9-11-19(12-10-17)23-15-22(20-7-5-8-21(25)14-20)26-28(23)24(29)16-27-13-4-3-6-18(27)2/h5,7-12,14,18,23H,3-4,6,13,15-16H2,1-2H3/t18-,23+/m0/s1. The number of likely N-dealkylation sites (tertiary alicyclic amines) is 1. The first-order valence-electron chi connectivity index (χ1n) is 10.5. The summed E-state index contributed by atoms with van der Waals surface area (Å²) in [5, 5.41) is 6.31. The molecule has 2 heterocycles. The van der Waals surface area contributed by atoms with Crippen LogP contribution in [-0.2, 0) is 4.79 Å². The molecule has 0 bridgehead atoms. The highest BCUT2D eigenvalue weighted by atomic mass is 19.1. The summed E-state index contributed by atoms with van der Waals surface area (Å²) in [5.41, 5.74) is 3.74. The van der Waals surface area contributed by atoms with Gasteiger partial charge in [0.25, 0.3) is 5.91 Å². The molecule has 0 radical (unpaired) electrons. The SMILES string of the molecule is Cc1ccc([C@H]2CC(c3cccc(F)c3)=NN2C(=O)CN2CCCC[C@@H]2C)cc1. The second-order valence-electron chi connectivity index (χ2n) is 8.24. The average molecular weight is 394 g/mol. The summed E-state index contributed by atoms with van der Waals surface area (Å²) in [5.74, 6) is -0.278. The lowest BCUT2D eigenvalue weighted by Crippen LogP contribution is -2.44. The number of hydrazone groups is 1. The van der Waals surface area contributed by atoms with E-state index in [1.165, 1.54) is 24.1 Å². The zero-order valence-electron chi connectivity index (χ0n) is 17.1. The molecule has 0 unspecified atom stereocenters. The molecular formula is C24H28FN3O. The van der Waals surface area contributed by atoms with Crippen LogP contribution < -0.4 is 0 Å². The van der Waals surface area contributed by atoms with Gasteiger partial charge in [-0.3, -0.25) is 9.69 Å². The maximum atomic E-state index is 13.8. The van der Waals surface area contributed by atoms with E-state index in [9.17, 15) is 9.18 Å². The van der Waals surface area contributed by atoms with Gasteiger partial charge < -0.3 is 0 Å². The molecule has 5 heteroatoms. The third-order valence-electron chi connectivity index (χ3n) is 6.06. The second-order valence-corrected chi connectivity index (χ2v) is 8.24. The van der Waals surface area contributed by atoms with Crippen molar-refractivity contribution in [2.24, 2.45) is 5.10 Å². The Hall–Kier alpha value is -2.53. The Labute approximate surface area is 172 Å². The van der Waals surface area contributed by atoms with Crippen LogP contribution in [0.25, 0.3) is 0 Å². The van der Waals surface area contributed by atoms with Crippen LogP contribution >= 0.6 is 0 Å². The lowest BCUT2D eigenvalue weighted by Gasteiger charge is -2.34. The fourth-order valence-corrected chi connectivity index (χ4v) is 4.27. The van der Waals surface area contributed by atoms with Crippen molar-refractivity contribution in [3.63, 3.8) is 0 Å². The molecule has 1 saturated heterocycles. The van der Waals surface area contributed by atoms with E-state index in [4.69, 9.17) is 0 Å². The van der Waals surface area contributed by atoms with Crippen LogP contribution in [0.1, 0.15) is 55.3 Å². The number of aryl methyl sites for hydroxylation is 1. The summed E-state index contributed by atoms with van der Waals surface area (Å²) in [6.07, 6.45) is 4.08. The van der Waals surface area contributed by atoms with Crippen molar-refractivity contribution in [3.05, 3.63) is 71.0 Å². The molecule has 0 aromatic heterocycles. The second kappa shape index (κ2) is 8.46. The van der Waals surface area contributed by atoms with Gasteiger partial charge in [-0.15, -0.1) is 0 Å². The first-order valence-corrected chi connectivity index (χ1v) is 10.5. The number of halogens is 1. The van der Waals surface area contributed by atoms with Crippen LogP contribution in [0, 0.1) is 12.7 Å². The van der Waals surface area contributed by atoms with Crippen LogP contribution in [0.5, 0.6) is 0 Å². The highest BCUT2D eigenvalue weighted by Crippen LogP contribution is 2.33. The van der Waals surface area contributed by atoms with Gasteiger partial charge in [-0.2, -0.15) is 5.10 Å². The van der Waals surface area contributed by atoms with E-state index in [2.05, 4.69) is 41.2 Å². The van der Waals surface area contributed by atoms with Gasteiger partial charge in [0.1, 0.15) is 5.82 Å². The number of amides is 1. The largest absolute Gasteiger partial charge is 0.292 e. The molecule has 0 N–H and O–H groups in total. The molecular weight excluding hydrogens is 365 g/mol. The van der Waals surface area contributed by atoms with Crippen molar-refractivity contribution in [2.75, 3.05) is 13.1 Å². The lowest BCUT2D eigenvalue weighted by atomic mass is 9.97. The van der Waals surface area contributed by atoms with E-state index in [1.807, 2.05) is 13.0 Å². The van der Waals surface area contributed by atoms with Crippen molar-refractivity contribution < 1.29 is 9.18 Å². The van der Waals surface area contributed by atoms with Gasteiger partial charge in [0.15, 0.2) is 0 Å². The molecule has 0 saturated carbocycles. The number of hydrogen-bond donors (Lipinski definition) is 0. The maximum absolute atomic E-state index is 13.8. The van der Waals surface area contributed by atoms with Crippen LogP contribution in [0.15, 0.2) is 53.6 Å². The first kappa shape index (κ1) is 19.8. The topological polar surface area (TPSA) is 35.9 Å². The minimum Gasteiger partial charge on any atom is -0.292 e. The summed E-state index contributed by atoms with van der Waals surface area (Å²) in [6, 6.07) is 15.0. The van der Waals surface area contributed by atoms with Gasteiger partial charge in [0.05, 0.1) is 18.3 Å². The molecule has 4 rings (SSSR count). The van der Waals surface area contributed by atoms with Crippen molar-refractivity contribution in [2.45, 2.75) is 51.6 Å². The zero-order valence-corrected chi connectivity index (χ0v) is 17.1. The molecule has 29 heavy (non-hydrogen) atoms. The van der Waals surface area contributed by atoms with Gasteiger partial charge in [-0.05, 0) is 50.9 Å². The summed E-state index contributed by atoms with van der Waals surface area (Å²) in [7, 11) is 0. The quantitative estimate of drug-likeness (QED) is 0.756. The van der Waals surface area contributed by atoms with Crippen molar-refractivity contribution in [1.29, 1.82) is 0 Å². The zero-order chi connectivity index (χ0) is 20.4. The highest BCUT2D eigenvalue weighted by Gasteiger charge is 2.34. The molecule has 0 aliphatic carbocycles. The fourth-order valence-electron chi connectivity index (χ4n) is 4.27. The minimum atomic E-state index is -0.288. The summed E-state index contributed by atoms with van der Waals surface area (Å²) < 4.78 is 13.8. The van der Waals surface area contributed by atoms with Gasteiger partial charge in [0.2, 0.25) is 0 Å². The lowest BCUT2D eigenvalue weighted by molar-refractivity contribution is -0.135. The molecule has 152 valence electrons. The monoisotopic (exact) mass is 393 g/mol. The number of benzene rings is 2. The van der Waals surface area contributed by atoms with E-state index in [0.717, 1.165) is 36.2 Å². The Morgan fingerprint density at radius 3 is 2.69 bits per heavy atom. The fraction of sp³-hybridized carbons (Fsp3) is 0.417. The molecule has 2 aromatic carbocycles. The molecule has 2 atom stereocenters. The normalized spacial score (nSPS) is 22.6. The van der Waals surface area contributed by atoms with E-state index in [1.54, 1.807) is 11.1 Å². The Morgan fingerprint density at radius 2 is 1.97 bits per heavy atom. The number of hydrogen-bond acceptors (Lipinski definition) is 3. The summed E-state index contributed by atoms with van der Waals surface area (Å²) >= 11 is 0. The molecule has 4 nitrogen and oxygen atoms in total. The molecule has 2 aromatic rings. The van der Waals surface area contributed by atoms with Crippen molar-refractivity contribution in [3.8, 4) is 0 Å². The Bertz CT molecular complexity index is 909. The molecule has 1 amide bonds. The molecule has 2 aliphatic rings. The summed E-state index contributed by atoms with van der Waals surface area (Å²) in [4.78, 5) is 15.5. The van der Waals surface area contributed by atoms with Gasteiger partial charge >= 0.3 is 0 Å². The van der Waals surface area contributed by atoms with E-state index in [-0.39, 0.29) is 17.8 Å². The van der Waals surface area contributed by atoms with E-state index in [0.29, 0.717) is 19.0 Å². The minimum absolute atomic E-state index is 0.00993. The maximum Gasteiger partial charge on any atom is 0.257 e. The Morgan fingerprint density at radius 1 is 1.17 bits per heavy atom. The van der Waals surface area contributed by atoms with E-state index < -0.39 is 0 Å². The van der Waals surface area contributed by atoms with Gasteiger partial charge in [0, 0.05) is 18.0 Å². The number of rotatable bonds is 4. The first-order chi connectivity index (χ1) is 14.0. The highest BCUT2D eigenvalue weighted by molar-refractivity contribution is 6.03. The van der Waals surface area contributed by atoms with E-state index >= 15 is 0 Å². The smallest absolute Gasteiger partial charge is 0.257 e. The van der Waals surface area contributed by atoms with Crippen LogP contribution in [0.2, 0.25) is 0 Å². The summed E-state index contributed by atoms with van der Waals surface area (Å²) in [6.45, 7) is 5.57. The number of carbonyl (C=O) groups excluding carboxylic acids is 1. The Balaban J connectivity index is 1.61. The third-order valence-corrected chi connectivity index (χ3v) is 6.06.